The van der Waals surface area contributed by atoms with Crippen LogP contribution in [0.4, 0.5) is 11.4 Å². The SMILES string of the molecule is CN(CC(=O)[O-])c1ccc([N+](=O)[O-])cc1.[Na+]. The minimum Gasteiger partial charge on any atom is -0.548 e. The van der Waals surface area contributed by atoms with Gasteiger partial charge in [-0.05, 0) is 12.1 Å². The summed E-state index contributed by atoms with van der Waals surface area (Å²) in [5.74, 6) is -1.20. The van der Waals surface area contributed by atoms with Crippen LogP contribution >= 0.6 is 0 Å². The van der Waals surface area contributed by atoms with E-state index in [2.05, 4.69) is 0 Å². The average Bonchev–Trinajstić information content (AvgIpc) is 2.17. The van der Waals surface area contributed by atoms with E-state index in [9.17, 15) is 20.0 Å². The number of benzene rings is 1. The number of hydrogen-bond acceptors (Lipinski definition) is 5. The molecule has 0 atom stereocenters. The molecule has 1 aromatic rings. The maximum absolute atomic E-state index is 10.3. The zero-order valence-corrected chi connectivity index (χ0v) is 11.0. The zero-order chi connectivity index (χ0) is 11.4. The zero-order valence-electron chi connectivity index (χ0n) is 9.04. The van der Waals surface area contributed by atoms with Gasteiger partial charge in [0.15, 0.2) is 0 Å². The molecule has 0 aromatic heterocycles. The molecule has 0 unspecified atom stereocenters. The first-order valence-corrected chi connectivity index (χ1v) is 4.16. The maximum atomic E-state index is 10.3. The van der Waals surface area contributed by atoms with Crippen molar-refractivity contribution < 1.29 is 44.4 Å². The molecular formula is C9H9N2NaO4. The Morgan fingerprint density at radius 3 is 2.25 bits per heavy atom. The molecule has 7 heteroatoms. The number of carboxylic acids is 1. The molecule has 16 heavy (non-hydrogen) atoms. The molecule has 0 bridgehead atoms. The smallest absolute Gasteiger partial charge is 0.548 e. The summed E-state index contributed by atoms with van der Waals surface area (Å²) in [5.41, 5.74) is 0.561. The molecule has 1 aromatic carbocycles. The summed E-state index contributed by atoms with van der Waals surface area (Å²) in [4.78, 5) is 21.6. The summed E-state index contributed by atoms with van der Waals surface area (Å²) in [6.45, 7) is -0.252. The first-order valence-electron chi connectivity index (χ1n) is 4.16. The van der Waals surface area contributed by atoms with Gasteiger partial charge in [-0.25, -0.2) is 0 Å². The van der Waals surface area contributed by atoms with E-state index in [1.807, 2.05) is 0 Å². The third kappa shape index (κ3) is 4.18. The molecule has 0 aliphatic heterocycles. The van der Waals surface area contributed by atoms with Gasteiger partial charge in [-0.1, -0.05) is 0 Å². The minimum atomic E-state index is -1.20. The number of aliphatic carboxylic acids is 1. The van der Waals surface area contributed by atoms with Crippen molar-refractivity contribution >= 4 is 17.3 Å². The van der Waals surface area contributed by atoms with Crippen LogP contribution in [0.3, 0.4) is 0 Å². The molecule has 0 aliphatic carbocycles. The number of nitro benzene ring substituents is 1. The van der Waals surface area contributed by atoms with Gasteiger partial charge in [0.05, 0.1) is 17.4 Å². The molecule has 0 saturated heterocycles. The summed E-state index contributed by atoms with van der Waals surface area (Å²) >= 11 is 0. The van der Waals surface area contributed by atoms with Crippen LogP contribution in [0.1, 0.15) is 0 Å². The Kier molecular flexibility index (Phi) is 6.02. The molecule has 0 fully saturated rings. The van der Waals surface area contributed by atoms with Crippen molar-refractivity contribution in [3.8, 4) is 0 Å². The van der Waals surface area contributed by atoms with Crippen molar-refractivity contribution in [1.29, 1.82) is 0 Å². The number of carbonyl (C=O) groups is 1. The fraction of sp³-hybridized carbons (Fsp3) is 0.222. The predicted octanol–water partition coefficient (Wildman–Crippen LogP) is -3.22. The number of carbonyl (C=O) groups excluding carboxylic acids is 1. The second-order valence-corrected chi connectivity index (χ2v) is 3.00. The molecule has 0 spiro atoms. The first-order chi connectivity index (χ1) is 7.00. The maximum Gasteiger partial charge on any atom is 1.00 e. The van der Waals surface area contributed by atoms with E-state index in [-0.39, 0.29) is 41.8 Å². The molecular weight excluding hydrogens is 223 g/mol. The van der Waals surface area contributed by atoms with Crippen LogP contribution in [0.5, 0.6) is 0 Å². The van der Waals surface area contributed by atoms with Crippen LogP contribution < -0.4 is 39.6 Å². The number of nitro groups is 1. The van der Waals surface area contributed by atoms with E-state index in [4.69, 9.17) is 0 Å². The van der Waals surface area contributed by atoms with Crippen LogP contribution in [0, 0.1) is 10.1 Å². The number of non-ortho nitro benzene ring substituents is 1. The largest absolute Gasteiger partial charge is 1.00 e. The Labute approximate surface area is 114 Å². The van der Waals surface area contributed by atoms with Crippen LogP contribution in [-0.4, -0.2) is 24.5 Å². The van der Waals surface area contributed by atoms with Gasteiger partial charge >= 0.3 is 29.6 Å². The Morgan fingerprint density at radius 1 is 1.38 bits per heavy atom. The monoisotopic (exact) mass is 232 g/mol. The Morgan fingerprint density at radius 2 is 1.88 bits per heavy atom. The number of anilines is 1. The quantitative estimate of drug-likeness (QED) is 0.310. The number of nitrogens with zero attached hydrogens (tertiary/aromatic N) is 2. The summed E-state index contributed by atoms with van der Waals surface area (Å²) in [5, 5.41) is 20.6. The van der Waals surface area contributed by atoms with Crippen LogP contribution in [0.2, 0.25) is 0 Å². The molecule has 0 aliphatic rings. The molecule has 0 saturated carbocycles. The van der Waals surface area contributed by atoms with E-state index in [1.54, 1.807) is 7.05 Å². The van der Waals surface area contributed by atoms with E-state index >= 15 is 0 Å². The van der Waals surface area contributed by atoms with Gasteiger partial charge in [-0.3, -0.25) is 10.1 Å². The predicted molar refractivity (Wildman–Crippen MR) is 51.4 cm³/mol. The van der Waals surface area contributed by atoms with Gasteiger partial charge in [-0.2, -0.15) is 0 Å². The van der Waals surface area contributed by atoms with Gasteiger partial charge in [0.1, 0.15) is 0 Å². The van der Waals surface area contributed by atoms with Crippen molar-refractivity contribution in [1.82, 2.24) is 0 Å². The van der Waals surface area contributed by atoms with Crippen LogP contribution in [0.25, 0.3) is 0 Å². The van der Waals surface area contributed by atoms with Crippen molar-refractivity contribution in [3.63, 3.8) is 0 Å². The van der Waals surface area contributed by atoms with Gasteiger partial charge in [0, 0.05) is 24.9 Å². The third-order valence-electron chi connectivity index (χ3n) is 1.87. The van der Waals surface area contributed by atoms with Crippen molar-refractivity contribution in [3.05, 3.63) is 34.4 Å². The minimum absolute atomic E-state index is 0. The summed E-state index contributed by atoms with van der Waals surface area (Å²) < 4.78 is 0. The fourth-order valence-corrected chi connectivity index (χ4v) is 1.11. The first kappa shape index (κ1) is 14.9. The molecule has 0 radical (unpaired) electrons. The summed E-state index contributed by atoms with van der Waals surface area (Å²) in [7, 11) is 1.57. The number of hydrogen-bond donors (Lipinski definition) is 0. The van der Waals surface area contributed by atoms with E-state index < -0.39 is 10.9 Å². The Hall–Kier alpha value is -1.11. The van der Waals surface area contributed by atoms with Crippen LogP contribution in [0.15, 0.2) is 24.3 Å². The number of likely N-dealkylation sites (N-methyl/N-ethyl adjacent to an activating group) is 1. The summed E-state index contributed by atoms with van der Waals surface area (Å²) in [6.07, 6.45) is 0. The molecule has 0 N–H and O–H groups in total. The number of carboxylic acid groups (broad SMARTS) is 1. The topological polar surface area (TPSA) is 86.5 Å². The van der Waals surface area contributed by atoms with E-state index in [0.29, 0.717) is 5.69 Å². The van der Waals surface area contributed by atoms with E-state index in [0.717, 1.165) is 0 Å². The Balaban J connectivity index is 0.00000225. The molecule has 0 amide bonds. The molecule has 1 rings (SSSR count). The number of rotatable bonds is 4. The fourth-order valence-electron chi connectivity index (χ4n) is 1.11. The van der Waals surface area contributed by atoms with Gasteiger partial charge in [0.25, 0.3) is 5.69 Å². The van der Waals surface area contributed by atoms with Gasteiger partial charge in [-0.15, -0.1) is 0 Å². The van der Waals surface area contributed by atoms with Crippen molar-refractivity contribution in [2.75, 3.05) is 18.5 Å². The second kappa shape index (κ2) is 6.47. The molecule has 0 heterocycles. The third-order valence-corrected chi connectivity index (χ3v) is 1.87. The van der Waals surface area contributed by atoms with Crippen molar-refractivity contribution in [2.45, 2.75) is 0 Å². The summed E-state index contributed by atoms with van der Waals surface area (Å²) in [6, 6.07) is 5.62. The molecule has 80 valence electrons. The average molecular weight is 232 g/mol. The van der Waals surface area contributed by atoms with Gasteiger partial charge in [0.2, 0.25) is 0 Å². The van der Waals surface area contributed by atoms with Crippen molar-refractivity contribution in [2.24, 2.45) is 0 Å². The molecule has 6 nitrogen and oxygen atoms in total. The Bertz CT molecular complexity index is 380. The van der Waals surface area contributed by atoms with Crippen LogP contribution in [-0.2, 0) is 4.79 Å². The normalized spacial score (nSPS) is 9.06. The van der Waals surface area contributed by atoms with Gasteiger partial charge < -0.3 is 14.8 Å². The standard InChI is InChI=1S/C9H10N2O4.Na/c1-10(6-9(12)13)7-2-4-8(5-3-7)11(14)15;/h2-5H,6H2,1H3,(H,12,13);/q;+1/p-1. The van der Waals surface area contributed by atoms with E-state index in [1.165, 1.54) is 29.2 Å². The second-order valence-electron chi connectivity index (χ2n) is 3.00.